The molecule has 21 heavy (non-hydrogen) atoms. The summed E-state index contributed by atoms with van der Waals surface area (Å²) < 4.78 is 1.87. The van der Waals surface area contributed by atoms with Gasteiger partial charge in [0.05, 0.1) is 17.6 Å². The largest absolute Gasteiger partial charge is 0.336 e. The Hall–Kier alpha value is -2.07. The lowest BCUT2D eigenvalue weighted by Gasteiger charge is -2.36. The van der Waals surface area contributed by atoms with Crippen LogP contribution in [0.15, 0.2) is 42.6 Å². The lowest BCUT2D eigenvalue weighted by Crippen LogP contribution is -2.34. The predicted octanol–water partition coefficient (Wildman–Crippen LogP) is 3.86. The number of fused-ring (bicyclic) bond motifs is 3. The van der Waals surface area contributed by atoms with Gasteiger partial charge in [-0.25, -0.2) is 9.50 Å². The molecule has 0 bridgehead atoms. The molecule has 0 saturated carbocycles. The minimum Gasteiger partial charge on any atom is -0.336 e. The van der Waals surface area contributed by atoms with E-state index in [-0.39, 0.29) is 0 Å². The molecule has 0 radical (unpaired) electrons. The van der Waals surface area contributed by atoms with Crippen molar-refractivity contribution in [1.82, 2.24) is 14.6 Å². The molecule has 0 N–H and O–H groups in total. The zero-order chi connectivity index (χ0) is 14.4. The van der Waals surface area contributed by atoms with Gasteiger partial charge >= 0.3 is 0 Å². The van der Waals surface area contributed by atoms with E-state index in [1.807, 2.05) is 16.8 Å². The van der Waals surface area contributed by atoms with E-state index < -0.39 is 0 Å². The van der Waals surface area contributed by atoms with Crippen LogP contribution in [0.5, 0.6) is 0 Å². The second-order valence-corrected chi connectivity index (χ2v) is 5.81. The molecule has 0 unspecified atom stereocenters. The first-order chi connectivity index (χ1) is 10.2. The number of hydrogen-bond donors (Lipinski definition) is 0. The Morgan fingerprint density at radius 1 is 1.24 bits per heavy atom. The van der Waals surface area contributed by atoms with Crippen molar-refractivity contribution in [3.8, 4) is 0 Å². The van der Waals surface area contributed by atoms with Gasteiger partial charge in [-0.2, -0.15) is 5.10 Å². The van der Waals surface area contributed by atoms with Gasteiger partial charge in [-0.3, -0.25) is 0 Å². The van der Waals surface area contributed by atoms with Crippen molar-refractivity contribution >= 4 is 28.6 Å². The maximum absolute atomic E-state index is 6.02. The van der Waals surface area contributed by atoms with Crippen molar-refractivity contribution in [1.29, 1.82) is 0 Å². The Labute approximate surface area is 128 Å². The second-order valence-electron chi connectivity index (χ2n) is 5.42. The normalized spacial score (nSPS) is 18.0. The number of aryl methyl sites for hydroxylation is 1. The molecule has 3 heterocycles. The lowest BCUT2D eigenvalue weighted by molar-refractivity contribution is 0.594. The summed E-state index contributed by atoms with van der Waals surface area (Å²) in [7, 11) is 0. The summed E-state index contributed by atoms with van der Waals surface area (Å²) >= 11 is 6.02. The molecule has 0 aliphatic carbocycles. The Morgan fingerprint density at radius 2 is 2.05 bits per heavy atom. The van der Waals surface area contributed by atoms with Crippen molar-refractivity contribution in [3.63, 3.8) is 0 Å². The molecule has 1 atom stereocenters. The van der Waals surface area contributed by atoms with Crippen LogP contribution >= 0.6 is 11.6 Å². The van der Waals surface area contributed by atoms with Crippen LogP contribution in [0.2, 0.25) is 5.15 Å². The Balaban J connectivity index is 1.94. The van der Waals surface area contributed by atoms with Gasteiger partial charge in [0.15, 0.2) is 10.8 Å². The number of aromatic nitrogens is 3. The van der Waals surface area contributed by atoms with Crippen LogP contribution in [0.4, 0.5) is 11.4 Å². The summed E-state index contributed by atoms with van der Waals surface area (Å²) in [4.78, 5) is 6.83. The Morgan fingerprint density at radius 3 is 2.86 bits per heavy atom. The highest BCUT2D eigenvalue weighted by atomic mass is 35.5. The predicted molar refractivity (Wildman–Crippen MR) is 84.4 cm³/mol. The van der Waals surface area contributed by atoms with Gasteiger partial charge in [-0.05, 0) is 31.9 Å². The molecule has 0 amide bonds. The van der Waals surface area contributed by atoms with Crippen LogP contribution in [0.1, 0.15) is 19.0 Å². The third-order valence-corrected chi connectivity index (χ3v) is 4.25. The zero-order valence-electron chi connectivity index (χ0n) is 11.7. The number of rotatable bonds is 1. The van der Waals surface area contributed by atoms with Crippen LogP contribution < -0.4 is 4.90 Å². The molecular formula is C16H15ClN4. The summed E-state index contributed by atoms with van der Waals surface area (Å²) in [6.45, 7) is 2.25. The average molecular weight is 299 g/mol. The maximum Gasteiger partial charge on any atom is 0.156 e. The van der Waals surface area contributed by atoms with Gasteiger partial charge in [-0.15, -0.1) is 0 Å². The average Bonchev–Trinajstić information content (AvgIpc) is 2.88. The van der Waals surface area contributed by atoms with Crippen molar-refractivity contribution in [2.24, 2.45) is 0 Å². The van der Waals surface area contributed by atoms with Crippen LogP contribution in [0, 0.1) is 0 Å². The summed E-state index contributed by atoms with van der Waals surface area (Å²) in [5, 5.41) is 4.86. The third kappa shape index (κ3) is 1.98. The smallest absolute Gasteiger partial charge is 0.156 e. The highest BCUT2D eigenvalue weighted by Gasteiger charge is 2.27. The molecule has 5 heteroatoms. The fourth-order valence-corrected chi connectivity index (χ4v) is 3.25. The first kappa shape index (κ1) is 12.7. The summed E-state index contributed by atoms with van der Waals surface area (Å²) in [5.74, 6) is 0. The first-order valence-corrected chi connectivity index (χ1v) is 7.49. The van der Waals surface area contributed by atoms with Crippen LogP contribution in [-0.2, 0) is 6.42 Å². The molecule has 2 aromatic heterocycles. The Kier molecular flexibility index (Phi) is 2.86. The molecule has 0 saturated heterocycles. The monoisotopic (exact) mass is 298 g/mol. The molecule has 3 aromatic rings. The number of anilines is 2. The molecule has 1 aliphatic heterocycles. The molecule has 1 aromatic carbocycles. The summed E-state index contributed by atoms with van der Waals surface area (Å²) in [6.07, 6.45) is 4.00. The quantitative estimate of drug-likeness (QED) is 0.684. The van der Waals surface area contributed by atoms with E-state index in [0.29, 0.717) is 11.2 Å². The fourth-order valence-electron chi connectivity index (χ4n) is 3.07. The van der Waals surface area contributed by atoms with E-state index in [0.717, 1.165) is 24.2 Å². The molecule has 0 fully saturated rings. The molecule has 1 aliphatic rings. The minimum absolute atomic E-state index is 0.435. The SMILES string of the molecule is C[C@@H]1CCc2c(cnc3cc(Cl)nn23)N1c1ccccc1. The van der Waals surface area contributed by atoms with Crippen molar-refractivity contribution < 1.29 is 0 Å². The van der Waals surface area contributed by atoms with E-state index in [9.17, 15) is 0 Å². The molecular weight excluding hydrogens is 284 g/mol. The van der Waals surface area contributed by atoms with E-state index >= 15 is 0 Å². The van der Waals surface area contributed by atoms with Gasteiger partial charge in [0.25, 0.3) is 0 Å². The number of para-hydroxylation sites is 1. The van der Waals surface area contributed by atoms with Crippen LogP contribution in [0.3, 0.4) is 0 Å². The fraction of sp³-hybridized carbons (Fsp3) is 0.250. The zero-order valence-corrected chi connectivity index (χ0v) is 12.5. The molecule has 106 valence electrons. The molecule has 0 spiro atoms. The standard InChI is InChI=1S/C16H15ClN4/c1-11-7-8-13-14(20(11)12-5-3-2-4-6-12)10-18-16-9-15(17)19-21(13)16/h2-6,9-11H,7-8H2,1H3/t11-/m1/s1. The topological polar surface area (TPSA) is 33.4 Å². The summed E-state index contributed by atoms with van der Waals surface area (Å²) in [5.41, 5.74) is 4.28. The number of nitrogens with zero attached hydrogens (tertiary/aromatic N) is 4. The number of halogens is 1. The second kappa shape index (κ2) is 4.74. The first-order valence-electron chi connectivity index (χ1n) is 7.11. The Bertz CT molecular complexity index is 797. The van der Waals surface area contributed by atoms with Crippen molar-refractivity contribution in [3.05, 3.63) is 53.4 Å². The summed E-state index contributed by atoms with van der Waals surface area (Å²) in [6, 6.07) is 12.7. The minimum atomic E-state index is 0.435. The number of benzene rings is 1. The molecule has 4 nitrogen and oxygen atoms in total. The van der Waals surface area contributed by atoms with Crippen molar-refractivity contribution in [2.75, 3.05) is 4.90 Å². The third-order valence-electron chi connectivity index (χ3n) is 4.06. The van der Waals surface area contributed by atoms with E-state index in [1.54, 1.807) is 6.07 Å². The molecule has 4 rings (SSSR count). The highest BCUT2D eigenvalue weighted by Crippen LogP contribution is 2.36. The van der Waals surface area contributed by atoms with Gasteiger partial charge in [0.2, 0.25) is 0 Å². The van der Waals surface area contributed by atoms with Crippen molar-refractivity contribution in [2.45, 2.75) is 25.8 Å². The van der Waals surface area contributed by atoms with Gasteiger partial charge in [0.1, 0.15) is 0 Å². The van der Waals surface area contributed by atoms with Gasteiger partial charge in [-0.1, -0.05) is 29.8 Å². The lowest BCUT2D eigenvalue weighted by atomic mass is 10.0. The van der Waals surface area contributed by atoms with Crippen LogP contribution in [-0.4, -0.2) is 20.6 Å². The van der Waals surface area contributed by atoms with Crippen LogP contribution in [0.25, 0.3) is 5.65 Å². The number of hydrogen-bond acceptors (Lipinski definition) is 3. The van der Waals surface area contributed by atoms with E-state index in [2.05, 4.69) is 46.2 Å². The highest BCUT2D eigenvalue weighted by molar-refractivity contribution is 6.29. The van der Waals surface area contributed by atoms with Gasteiger partial charge in [0, 0.05) is 17.8 Å². The van der Waals surface area contributed by atoms with Gasteiger partial charge < -0.3 is 4.90 Å². The maximum atomic E-state index is 6.02. The van der Waals surface area contributed by atoms with E-state index in [1.165, 1.54) is 11.4 Å². The van der Waals surface area contributed by atoms with E-state index in [4.69, 9.17) is 11.6 Å².